The molecule has 4 nitrogen and oxygen atoms in total. The van der Waals surface area contributed by atoms with Gasteiger partial charge in [-0.1, -0.05) is 25.1 Å². The van der Waals surface area contributed by atoms with Gasteiger partial charge in [0.2, 0.25) is 0 Å². The number of aromatic nitrogens is 1. The van der Waals surface area contributed by atoms with Crippen molar-refractivity contribution in [2.75, 3.05) is 0 Å². The minimum Gasteiger partial charge on any atom is -0.508 e. The largest absolute Gasteiger partial charge is 0.508 e. The van der Waals surface area contributed by atoms with Gasteiger partial charge in [-0.15, -0.1) is 0 Å². The Morgan fingerprint density at radius 2 is 2.05 bits per heavy atom. The van der Waals surface area contributed by atoms with Gasteiger partial charge in [-0.3, -0.25) is 4.79 Å². The number of rotatable bonds is 5. The summed E-state index contributed by atoms with van der Waals surface area (Å²) >= 11 is 0. The predicted molar refractivity (Wildman–Crippen MR) is 74.0 cm³/mol. The van der Waals surface area contributed by atoms with Crippen LogP contribution in [0, 0.1) is 0 Å². The van der Waals surface area contributed by atoms with Crippen molar-refractivity contribution in [3.05, 3.63) is 53.9 Å². The molecule has 1 aromatic heterocycles. The monoisotopic (exact) mass is 258 g/mol. The predicted octanol–water partition coefficient (Wildman–Crippen LogP) is 2.53. The molecule has 1 aromatic carbocycles. The normalized spacial score (nSPS) is 10.4. The maximum Gasteiger partial charge on any atom is 0.268 e. The van der Waals surface area contributed by atoms with Crippen LogP contribution in [0.4, 0.5) is 0 Å². The molecule has 0 aliphatic rings. The molecule has 1 amide bonds. The number of carbonyl (C=O) groups excluding carboxylic acids is 1. The first-order valence-electron chi connectivity index (χ1n) is 6.42. The Balaban J connectivity index is 2.02. The molecule has 100 valence electrons. The lowest BCUT2D eigenvalue weighted by atomic mass is 10.2. The van der Waals surface area contributed by atoms with Gasteiger partial charge in [0.05, 0.1) is 0 Å². The zero-order valence-corrected chi connectivity index (χ0v) is 11.0. The van der Waals surface area contributed by atoms with Crippen molar-refractivity contribution in [2.45, 2.75) is 26.4 Å². The third-order valence-corrected chi connectivity index (χ3v) is 2.96. The molecule has 0 aliphatic carbocycles. The third kappa shape index (κ3) is 3.16. The van der Waals surface area contributed by atoms with Crippen molar-refractivity contribution >= 4 is 5.91 Å². The summed E-state index contributed by atoms with van der Waals surface area (Å²) in [6.07, 6.45) is 2.88. The Morgan fingerprint density at radius 1 is 1.26 bits per heavy atom. The van der Waals surface area contributed by atoms with Crippen LogP contribution < -0.4 is 5.32 Å². The van der Waals surface area contributed by atoms with E-state index in [1.807, 2.05) is 22.9 Å². The molecule has 2 N–H and O–H groups in total. The van der Waals surface area contributed by atoms with Crippen LogP contribution in [0.2, 0.25) is 0 Å². The molecule has 2 rings (SSSR count). The lowest BCUT2D eigenvalue weighted by molar-refractivity contribution is 0.0941. The maximum atomic E-state index is 12.1. The second-order valence-corrected chi connectivity index (χ2v) is 4.40. The average molecular weight is 258 g/mol. The molecule has 0 unspecified atom stereocenters. The molecule has 2 aromatic rings. The summed E-state index contributed by atoms with van der Waals surface area (Å²) in [5.41, 5.74) is 1.36. The van der Waals surface area contributed by atoms with E-state index >= 15 is 0 Å². The highest BCUT2D eigenvalue weighted by atomic mass is 16.3. The SMILES string of the molecule is CCCn1cccc1C(=O)NCc1ccccc1O. The number of para-hydroxylation sites is 1. The van der Waals surface area contributed by atoms with Crippen LogP contribution in [-0.4, -0.2) is 15.6 Å². The summed E-state index contributed by atoms with van der Waals surface area (Å²) in [6, 6.07) is 10.7. The topological polar surface area (TPSA) is 54.3 Å². The molecule has 0 spiro atoms. The van der Waals surface area contributed by atoms with E-state index in [0.29, 0.717) is 17.8 Å². The fourth-order valence-corrected chi connectivity index (χ4v) is 1.98. The molecule has 0 bridgehead atoms. The van der Waals surface area contributed by atoms with Gasteiger partial charge in [0.25, 0.3) is 5.91 Å². The Bertz CT molecular complexity index is 561. The van der Waals surface area contributed by atoms with Crippen LogP contribution in [0.1, 0.15) is 29.4 Å². The van der Waals surface area contributed by atoms with E-state index < -0.39 is 0 Å². The number of hydrogen-bond acceptors (Lipinski definition) is 2. The third-order valence-electron chi connectivity index (χ3n) is 2.96. The second kappa shape index (κ2) is 6.09. The minimum absolute atomic E-state index is 0.123. The van der Waals surface area contributed by atoms with E-state index in [4.69, 9.17) is 0 Å². The number of nitrogens with one attached hydrogen (secondary N) is 1. The molecule has 4 heteroatoms. The first-order chi connectivity index (χ1) is 9.22. The second-order valence-electron chi connectivity index (χ2n) is 4.40. The van der Waals surface area contributed by atoms with Gasteiger partial charge in [0, 0.05) is 24.8 Å². The average Bonchev–Trinajstić information content (AvgIpc) is 2.86. The Labute approximate surface area is 112 Å². The first-order valence-corrected chi connectivity index (χ1v) is 6.42. The maximum absolute atomic E-state index is 12.1. The van der Waals surface area contributed by atoms with Crippen molar-refractivity contribution in [3.8, 4) is 5.75 Å². The molecular formula is C15H18N2O2. The van der Waals surface area contributed by atoms with Gasteiger partial charge < -0.3 is 15.0 Å². The van der Waals surface area contributed by atoms with Crippen molar-refractivity contribution in [3.63, 3.8) is 0 Å². The fourth-order valence-electron chi connectivity index (χ4n) is 1.98. The van der Waals surface area contributed by atoms with Crippen molar-refractivity contribution in [1.29, 1.82) is 0 Å². The Kier molecular flexibility index (Phi) is 4.23. The minimum atomic E-state index is -0.123. The van der Waals surface area contributed by atoms with Gasteiger partial charge in [-0.2, -0.15) is 0 Å². The zero-order valence-electron chi connectivity index (χ0n) is 11.0. The van der Waals surface area contributed by atoms with Crippen LogP contribution in [0.5, 0.6) is 5.75 Å². The van der Waals surface area contributed by atoms with Gasteiger partial charge in [0.1, 0.15) is 11.4 Å². The van der Waals surface area contributed by atoms with E-state index in [-0.39, 0.29) is 11.7 Å². The molecule has 0 atom stereocenters. The number of hydrogen-bond donors (Lipinski definition) is 2. The molecule has 0 saturated heterocycles. The lowest BCUT2D eigenvalue weighted by Gasteiger charge is -2.09. The quantitative estimate of drug-likeness (QED) is 0.866. The van der Waals surface area contributed by atoms with E-state index in [0.717, 1.165) is 13.0 Å². The summed E-state index contributed by atoms with van der Waals surface area (Å²) in [5, 5.41) is 12.5. The van der Waals surface area contributed by atoms with Crippen LogP contribution >= 0.6 is 0 Å². The van der Waals surface area contributed by atoms with Crippen LogP contribution in [0.25, 0.3) is 0 Å². The standard InChI is InChI=1S/C15H18N2O2/c1-2-9-17-10-5-7-13(17)15(19)16-11-12-6-3-4-8-14(12)18/h3-8,10,18H,2,9,11H2,1H3,(H,16,19). The zero-order chi connectivity index (χ0) is 13.7. The molecule has 19 heavy (non-hydrogen) atoms. The first kappa shape index (κ1) is 13.2. The molecule has 0 saturated carbocycles. The number of phenols is 1. The van der Waals surface area contributed by atoms with E-state index in [2.05, 4.69) is 12.2 Å². The number of aromatic hydroxyl groups is 1. The van der Waals surface area contributed by atoms with Crippen LogP contribution in [0.3, 0.4) is 0 Å². The molecule has 0 aliphatic heterocycles. The smallest absolute Gasteiger partial charge is 0.268 e. The van der Waals surface area contributed by atoms with Gasteiger partial charge in [-0.05, 0) is 24.6 Å². The lowest BCUT2D eigenvalue weighted by Crippen LogP contribution is -2.25. The Hall–Kier alpha value is -2.23. The van der Waals surface area contributed by atoms with Gasteiger partial charge >= 0.3 is 0 Å². The summed E-state index contributed by atoms with van der Waals surface area (Å²) < 4.78 is 1.93. The number of phenolic OH excluding ortho intramolecular Hbond substituents is 1. The summed E-state index contributed by atoms with van der Waals surface area (Å²) in [4.78, 5) is 12.1. The fraction of sp³-hybridized carbons (Fsp3) is 0.267. The number of carbonyl (C=O) groups is 1. The summed E-state index contributed by atoms with van der Waals surface area (Å²) in [7, 11) is 0. The molecule has 0 radical (unpaired) electrons. The van der Waals surface area contributed by atoms with Crippen LogP contribution in [-0.2, 0) is 13.1 Å². The molecule has 0 fully saturated rings. The highest BCUT2D eigenvalue weighted by Gasteiger charge is 2.10. The van der Waals surface area contributed by atoms with Crippen molar-refractivity contribution < 1.29 is 9.90 Å². The number of amides is 1. The van der Waals surface area contributed by atoms with E-state index in [1.165, 1.54) is 0 Å². The van der Waals surface area contributed by atoms with Crippen molar-refractivity contribution in [2.24, 2.45) is 0 Å². The van der Waals surface area contributed by atoms with E-state index in [1.54, 1.807) is 24.3 Å². The highest BCUT2D eigenvalue weighted by molar-refractivity contribution is 5.92. The summed E-state index contributed by atoms with van der Waals surface area (Å²) in [6.45, 7) is 3.22. The van der Waals surface area contributed by atoms with Crippen molar-refractivity contribution in [1.82, 2.24) is 9.88 Å². The number of aryl methyl sites for hydroxylation is 1. The Morgan fingerprint density at radius 3 is 2.79 bits per heavy atom. The number of benzene rings is 1. The van der Waals surface area contributed by atoms with Gasteiger partial charge in [0.15, 0.2) is 0 Å². The van der Waals surface area contributed by atoms with Crippen LogP contribution in [0.15, 0.2) is 42.6 Å². The molecule has 1 heterocycles. The highest BCUT2D eigenvalue weighted by Crippen LogP contribution is 2.15. The van der Waals surface area contributed by atoms with Gasteiger partial charge in [-0.25, -0.2) is 0 Å². The van der Waals surface area contributed by atoms with E-state index in [9.17, 15) is 9.90 Å². The molecular weight excluding hydrogens is 240 g/mol. The number of nitrogens with zero attached hydrogens (tertiary/aromatic N) is 1. The summed E-state index contributed by atoms with van der Waals surface area (Å²) in [5.74, 6) is 0.0773.